The summed E-state index contributed by atoms with van der Waals surface area (Å²) in [6, 6.07) is 10.7. The smallest absolute Gasteiger partial charge is 0.263 e. The molecule has 2 aromatic carbocycles. The second-order valence-corrected chi connectivity index (χ2v) is 11.7. The van der Waals surface area contributed by atoms with Gasteiger partial charge in [-0.25, -0.2) is 14.4 Å². The lowest BCUT2D eigenvalue weighted by molar-refractivity contribution is 0.0968. The first-order chi connectivity index (χ1) is 16.1. The van der Waals surface area contributed by atoms with Gasteiger partial charge in [0.1, 0.15) is 10.8 Å². The van der Waals surface area contributed by atoms with Gasteiger partial charge in [0.2, 0.25) is 5.95 Å². The van der Waals surface area contributed by atoms with E-state index in [0.29, 0.717) is 16.5 Å². The minimum Gasteiger partial charge on any atom is -0.324 e. The van der Waals surface area contributed by atoms with Crippen molar-refractivity contribution in [1.29, 1.82) is 0 Å². The van der Waals surface area contributed by atoms with Crippen molar-refractivity contribution in [2.45, 2.75) is 49.6 Å². The van der Waals surface area contributed by atoms with Crippen LogP contribution in [0.15, 0.2) is 47.6 Å². The third kappa shape index (κ3) is 3.93. The number of rotatable bonds is 3. The fourth-order valence-corrected chi connectivity index (χ4v) is 5.95. The summed E-state index contributed by atoms with van der Waals surface area (Å²) in [6.45, 7) is 9.89. The molecule has 6 nitrogen and oxygen atoms in total. The minimum atomic E-state index is -0.815. The van der Waals surface area contributed by atoms with E-state index in [9.17, 15) is 9.18 Å². The van der Waals surface area contributed by atoms with Gasteiger partial charge in [0.05, 0.1) is 21.1 Å². The molecule has 176 valence electrons. The lowest BCUT2D eigenvalue weighted by Crippen LogP contribution is -2.49. The number of amides is 1. The fourth-order valence-electron chi connectivity index (χ4n) is 4.58. The second kappa shape index (κ2) is 8.22. The third-order valence-electron chi connectivity index (χ3n) is 6.21. The van der Waals surface area contributed by atoms with E-state index < -0.39 is 10.7 Å². The highest BCUT2D eigenvalue weighted by atomic mass is 35.5. The normalized spacial score (nSPS) is 18.3. The molecule has 3 aromatic rings. The van der Waals surface area contributed by atoms with Crippen LogP contribution in [0, 0.1) is 5.82 Å². The highest BCUT2D eigenvalue weighted by molar-refractivity contribution is 8.00. The maximum Gasteiger partial charge on any atom is 0.263 e. The van der Waals surface area contributed by atoms with Crippen molar-refractivity contribution in [3.8, 4) is 0 Å². The Labute approximate surface area is 207 Å². The van der Waals surface area contributed by atoms with Crippen molar-refractivity contribution < 1.29 is 9.18 Å². The first-order valence-corrected chi connectivity index (χ1v) is 12.2. The Morgan fingerprint density at radius 3 is 2.76 bits per heavy atom. The summed E-state index contributed by atoms with van der Waals surface area (Å²) in [5.41, 5.74) is 3.89. The lowest BCUT2D eigenvalue weighted by atomic mass is 9.79. The van der Waals surface area contributed by atoms with Crippen molar-refractivity contribution in [2.24, 2.45) is 0 Å². The number of carbonyl (C=O) groups is 1. The number of halogens is 2. The monoisotopic (exact) mass is 497 g/mol. The molecule has 0 atom stereocenters. The number of fused-ring (bicyclic) bond motifs is 2. The zero-order valence-electron chi connectivity index (χ0n) is 19.4. The average molecular weight is 498 g/mol. The molecule has 0 bridgehead atoms. The van der Waals surface area contributed by atoms with Crippen LogP contribution in [0.3, 0.4) is 0 Å². The van der Waals surface area contributed by atoms with Crippen LogP contribution in [-0.4, -0.2) is 27.3 Å². The Kier molecular flexibility index (Phi) is 5.58. The van der Waals surface area contributed by atoms with Crippen molar-refractivity contribution in [1.82, 2.24) is 15.3 Å². The second-order valence-electron chi connectivity index (χ2n) is 9.66. The molecule has 2 aliphatic heterocycles. The zero-order valence-corrected chi connectivity index (χ0v) is 20.9. The topological polar surface area (TPSA) is 70.2 Å². The van der Waals surface area contributed by atoms with E-state index in [4.69, 9.17) is 11.6 Å². The first kappa shape index (κ1) is 23.1. The maximum atomic E-state index is 14.7. The van der Waals surface area contributed by atoms with E-state index in [1.54, 1.807) is 6.07 Å². The number of thioether (sulfide) groups is 1. The van der Waals surface area contributed by atoms with Gasteiger partial charge < -0.3 is 10.6 Å². The van der Waals surface area contributed by atoms with Gasteiger partial charge in [-0.2, -0.15) is 0 Å². The third-order valence-corrected chi connectivity index (χ3v) is 7.70. The van der Waals surface area contributed by atoms with Crippen LogP contribution in [0.25, 0.3) is 0 Å². The molecule has 3 heterocycles. The molecule has 5 rings (SSSR count). The molecular weight excluding hydrogens is 473 g/mol. The molecule has 2 N–H and O–H groups in total. The summed E-state index contributed by atoms with van der Waals surface area (Å²) in [7, 11) is 0. The van der Waals surface area contributed by atoms with Gasteiger partial charge >= 0.3 is 0 Å². The number of nitrogens with zero attached hydrogens (tertiary/aromatic N) is 3. The number of aromatic nitrogens is 2. The van der Waals surface area contributed by atoms with Crippen LogP contribution >= 0.6 is 23.4 Å². The molecule has 34 heavy (non-hydrogen) atoms. The number of hydrogen-bond acceptors (Lipinski definition) is 6. The van der Waals surface area contributed by atoms with E-state index in [2.05, 4.69) is 46.6 Å². The molecule has 0 radical (unpaired) electrons. The van der Waals surface area contributed by atoms with Gasteiger partial charge in [-0.05, 0) is 49.2 Å². The van der Waals surface area contributed by atoms with Gasteiger partial charge in [0.25, 0.3) is 5.91 Å². The largest absolute Gasteiger partial charge is 0.324 e. The molecular formula is C25H25ClFN5OS. The van der Waals surface area contributed by atoms with Crippen LogP contribution in [0.1, 0.15) is 49.2 Å². The van der Waals surface area contributed by atoms with Gasteiger partial charge in [-0.3, -0.25) is 9.69 Å². The molecule has 0 spiro atoms. The summed E-state index contributed by atoms with van der Waals surface area (Å²) < 4.78 is 14.7. The number of carbonyl (C=O) groups excluding carboxylic acids is 1. The van der Waals surface area contributed by atoms with Gasteiger partial charge in [0.15, 0.2) is 0 Å². The summed E-state index contributed by atoms with van der Waals surface area (Å²) in [5, 5.41) is 7.44. The zero-order chi connectivity index (χ0) is 24.3. The summed E-state index contributed by atoms with van der Waals surface area (Å²) in [6.07, 6.45) is 1.49. The summed E-state index contributed by atoms with van der Waals surface area (Å²) in [5.74, 6) is -0.545. The van der Waals surface area contributed by atoms with E-state index in [1.165, 1.54) is 46.1 Å². The molecule has 0 saturated heterocycles. The highest BCUT2D eigenvalue weighted by Crippen LogP contribution is 2.46. The van der Waals surface area contributed by atoms with Crippen molar-refractivity contribution in [3.05, 3.63) is 70.1 Å². The quantitative estimate of drug-likeness (QED) is 0.440. The van der Waals surface area contributed by atoms with Crippen LogP contribution in [0.4, 0.5) is 21.7 Å². The Morgan fingerprint density at radius 1 is 1.21 bits per heavy atom. The molecule has 0 saturated carbocycles. The molecule has 0 fully saturated rings. The number of anilines is 3. The first-order valence-electron chi connectivity index (χ1n) is 11.0. The number of para-hydroxylation sites is 1. The fraction of sp³-hybridized carbons (Fsp3) is 0.320. The van der Waals surface area contributed by atoms with E-state index in [-0.39, 0.29) is 22.0 Å². The van der Waals surface area contributed by atoms with Gasteiger partial charge in [0, 0.05) is 30.4 Å². The molecule has 2 aliphatic rings. The predicted molar refractivity (Wildman–Crippen MR) is 135 cm³/mol. The summed E-state index contributed by atoms with van der Waals surface area (Å²) in [4.78, 5) is 23.0. The maximum absolute atomic E-state index is 14.7. The Morgan fingerprint density at radius 2 is 2.00 bits per heavy atom. The SMILES string of the molecule is CC1(C)CNCc2cc(Nc3ncc4c(n3)SC(C)(C)N(c3c(F)cccc3Cl)C4=O)ccc21. The molecule has 0 aliphatic carbocycles. The van der Waals surface area contributed by atoms with Gasteiger partial charge in [-0.15, -0.1) is 0 Å². The Bertz CT molecular complexity index is 1290. The molecule has 1 amide bonds. The van der Waals surface area contributed by atoms with Crippen LogP contribution in [0.5, 0.6) is 0 Å². The Balaban J connectivity index is 1.46. The Hall–Kier alpha value is -2.68. The minimum absolute atomic E-state index is 0.0603. The molecule has 9 heteroatoms. The van der Waals surface area contributed by atoms with Crippen LogP contribution in [-0.2, 0) is 12.0 Å². The van der Waals surface area contributed by atoms with Crippen molar-refractivity contribution in [2.75, 3.05) is 16.8 Å². The number of hydrogen-bond donors (Lipinski definition) is 2. The predicted octanol–water partition coefficient (Wildman–Crippen LogP) is 5.88. The lowest BCUT2D eigenvalue weighted by Gasteiger charge is -2.41. The molecule has 1 aromatic heterocycles. The number of nitrogens with one attached hydrogen (secondary N) is 2. The van der Waals surface area contributed by atoms with Crippen molar-refractivity contribution >= 4 is 46.6 Å². The van der Waals surface area contributed by atoms with Gasteiger partial charge in [-0.1, -0.05) is 49.3 Å². The van der Waals surface area contributed by atoms with Crippen LogP contribution < -0.4 is 15.5 Å². The summed E-state index contributed by atoms with van der Waals surface area (Å²) >= 11 is 7.64. The van der Waals surface area contributed by atoms with E-state index >= 15 is 0 Å². The number of benzene rings is 2. The molecule has 0 unspecified atom stereocenters. The van der Waals surface area contributed by atoms with E-state index in [1.807, 2.05) is 19.9 Å². The highest BCUT2D eigenvalue weighted by Gasteiger charge is 2.43. The standard InChI is InChI=1S/C25H25ClFN5OS/c1-24(2)13-28-11-14-10-15(8-9-17(14)24)30-23-29-12-16-21(31-23)34-25(3,4)32(22(16)33)20-18(26)6-5-7-19(20)27/h5-10,12,28H,11,13H2,1-4H3,(H,29,30,31). The van der Waals surface area contributed by atoms with Crippen LogP contribution in [0.2, 0.25) is 5.02 Å². The van der Waals surface area contributed by atoms with E-state index in [0.717, 1.165) is 18.8 Å². The average Bonchev–Trinajstić information content (AvgIpc) is 2.75. The van der Waals surface area contributed by atoms with Crippen molar-refractivity contribution in [3.63, 3.8) is 0 Å².